The summed E-state index contributed by atoms with van der Waals surface area (Å²) in [5.74, 6) is -0.541. The van der Waals surface area contributed by atoms with Crippen LogP contribution in [0.3, 0.4) is 0 Å². The van der Waals surface area contributed by atoms with Gasteiger partial charge in [0.1, 0.15) is 0 Å². The van der Waals surface area contributed by atoms with E-state index in [1.165, 1.54) is 0 Å². The first kappa shape index (κ1) is 9.12. The molecule has 4 nitrogen and oxygen atoms in total. The maximum Gasteiger partial charge on any atom is 0.273 e. The Balaban J connectivity index is 2.97. The molecule has 66 valence electrons. The summed E-state index contributed by atoms with van der Waals surface area (Å²) in [6, 6.07) is 8.43. The van der Waals surface area contributed by atoms with Crippen LogP contribution in [0.4, 0.5) is 5.69 Å². The van der Waals surface area contributed by atoms with Gasteiger partial charge in [-0.25, -0.2) is 0 Å². The zero-order valence-corrected chi connectivity index (χ0v) is 6.88. The molecule has 4 heteroatoms. The van der Waals surface area contributed by atoms with Gasteiger partial charge in [0, 0.05) is 0 Å². The maximum absolute atomic E-state index is 11.1. The van der Waals surface area contributed by atoms with Gasteiger partial charge in [-0.3, -0.25) is 4.79 Å². The van der Waals surface area contributed by atoms with E-state index in [2.05, 4.69) is 11.9 Å². The number of hydrogen-bond donors (Lipinski definition) is 0. The predicted octanol–water partition coefficient (Wildman–Crippen LogP) is 1.89. The lowest BCUT2D eigenvalue weighted by Crippen LogP contribution is -2.21. The van der Waals surface area contributed by atoms with Crippen molar-refractivity contribution in [2.75, 3.05) is 5.01 Å². The van der Waals surface area contributed by atoms with Crippen molar-refractivity contribution in [3.05, 3.63) is 47.9 Å². The highest BCUT2D eigenvalue weighted by atomic mass is 16.3. The normalized spacial score (nSPS) is 8.92. The quantitative estimate of drug-likeness (QED) is 0.401. The number of para-hydroxylation sites is 1. The first-order chi connectivity index (χ1) is 6.29. The zero-order chi connectivity index (χ0) is 9.68. The van der Waals surface area contributed by atoms with Crippen molar-refractivity contribution < 1.29 is 4.79 Å². The number of anilines is 1. The van der Waals surface area contributed by atoms with Crippen LogP contribution in [0.25, 0.3) is 0 Å². The van der Waals surface area contributed by atoms with Gasteiger partial charge in [0.25, 0.3) is 5.91 Å². The number of carbonyl (C=O) groups is 1. The van der Waals surface area contributed by atoms with Crippen LogP contribution in [-0.2, 0) is 4.79 Å². The van der Waals surface area contributed by atoms with Gasteiger partial charge in [-0.15, -0.1) is 4.91 Å². The summed E-state index contributed by atoms with van der Waals surface area (Å²) in [4.78, 5) is 21.4. The van der Waals surface area contributed by atoms with E-state index in [4.69, 9.17) is 0 Å². The largest absolute Gasteiger partial charge is 0.273 e. The van der Waals surface area contributed by atoms with Gasteiger partial charge in [-0.1, -0.05) is 24.8 Å². The monoisotopic (exact) mass is 176 g/mol. The van der Waals surface area contributed by atoms with E-state index in [0.717, 1.165) is 11.1 Å². The Hall–Kier alpha value is -1.97. The second-order valence-corrected chi connectivity index (χ2v) is 2.27. The number of nitroso groups, excluding NO2 is 1. The van der Waals surface area contributed by atoms with E-state index in [1.807, 2.05) is 0 Å². The van der Waals surface area contributed by atoms with Crippen LogP contribution in [0.15, 0.2) is 48.3 Å². The summed E-state index contributed by atoms with van der Waals surface area (Å²) in [6.07, 6.45) is 1.04. The number of hydrogen-bond acceptors (Lipinski definition) is 3. The zero-order valence-electron chi connectivity index (χ0n) is 6.88. The van der Waals surface area contributed by atoms with Crippen molar-refractivity contribution in [3.8, 4) is 0 Å². The van der Waals surface area contributed by atoms with Crippen molar-refractivity contribution in [3.63, 3.8) is 0 Å². The van der Waals surface area contributed by atoms with Gasteiger partial charge >= 0.3 is 0 Å². The molecule has 1 aromatic rings. The van der Waals surface area contributed by atoms with Crippen LogP contribution in [0.1, 0.15) is 0 Å². The Bertz CT molecular complexity index is 322. The Labute approximate surface area is 75.4 Å². The molecular weight excluding hydrogens is 168 g/mol. The number of nitrogens with zero attached hydrogens (tertiary/aromatic N) is 2. The van der Waals surface area contributed by atoms with Crippen LogP contribution < -0.4 is 5.01 Å². The number of amides is 1. The summed E-state index contributed by atoms with van der Waals surface area (Å²) in [6.45, 7) is 3.26. The SMILES string of the molecule is C=CC(=O)N(N=O)c1ccccc1. The molecule has 13 heavy (non-hydrogen) atoms. The molecule has 0 N–H and O–H groups in total. The number of benzene rings is 1. The molecule has 0 atom stereocenters. The van der Waals surface area contributed by atoms with Gasteiger partial charge in [0.05, 0.1) is 11.0 Å². The highest BCUT2D eigenvalue weighted by Crippen LogP contribution is 2.13. The highest BCUT2D eigenvalue weighted by molar-refractivity contribution is 6.00. The first-order valence-electron chi connectivity index (χ1n) is 3.64. The predicted molar refractivity (Wildman–Crippen MR) is 49.9 cm³/mol. The molecule has 0 bridgehead atoms. The van der Waals surface area contributed by atoms with Crippen molar-refractivity contribution in [1.29, 1.82) is 0 Å². The van der Waals surface area contributed by atoms with E-state index in [0.29, 0.717) is 5.69 Å². The van der Waals surface area contributed by atoms with Crippen molar-refractivity contribution >= 4 is 11.6 Å². The van der Waals surface area contributed by atoms with Gasteiger partial charge in [-0.05, 0) is 18.2 Å². The molecular formula is C9H8N2O2. The number of carbonyl (C=O) groups excluding carboxylic acids is 1. The summed E-state index contributed by atoms with van der Waals surface area (Å²) in [5, 5.41) is 3.33. The second kappa shape index (κ2) is 4.15. The average Bonchev–Trinajstić information content (AvgIpc) is 2.20. The summed E-state index contributed by atoms with van der Waals surface area (Å²) >= 11 is 0. The van der Waals surface area contributed by atoms with Crippen molar-refractivity contribution in [2.45, 2.75) is 0 Å². The van der Waals surface area contributed by atoms with Crippen molar-refractivity contribution in [2.24, 2.45) is 5.29 Å². The van der Waals surface area contributed by atoms with E-state index in [1.54, 1.807) is 30.3 Å². The Morgan fingerprint density at radius 1 is 1.38 bits per heavy atom. The molecule has 0 heterocycles. The molecule has 0 saturated carbocycles. The summed E-state index contributed by atoms with van der Waals surface area (Å²) < 4.78 is 0. The first-order valence-corrected chi connectivity index (χ1v) is 3.64. The molecule has 0 aliphatic rings. The van der Waals surface area contributed by atoms with Gasteiger partial charge in [-0.2, -0.15) is 5.01 Å². The second-order valence-electron chi connectivity index (χ2n) is 2.27. The van der Waals surface area contributed by atoms with Crippen LogP contribution in [0.5, 0.6) is 0 Å². The third kappa shape index (κ3) is 1.99. The van der Waals surface area contributed by atoms with E-state index >= 15 is 0 Å². The van der Waals surface area contributed by atoms with Gasteiger partial charge in [0.2, 0.25) is 0 Å². The Morgan fingerprint density at radius 3 is 2.46 bits per heavy atom. The van der Waals surface area contributed by atoms with E-state index in [9.17, 15) is 9.70 Å². The topological polar surface area (TPSA) is 49.7 Å². The van der Waals surface area contributed by atoms with E-state index < -0.39 is 5.91 Å². The fourth-order valence-corrected chi connectivity index (χ4v) is 0.870. The smallest absolute Gasteiger partial charge is 0.267 e. The molecule has 0 fully saturated rings. The minimum atomic E-state index is -0.541. The van der Waals surface area contributed by atoms with Crippen LogP contribution in [0.2, 0.25) is 0 Å². The third-order valence-corrected chi connectivity index (χ3v) is 1.47. The molecule has 0 spiro atoms. The Kier molecular flexibility index (Phi) is 2.92. The van der Waals surface area contributed by atoms with Crippen molar-refractivity contribution in [1.82, 2.24) is 0 Å². The van der Waals surface area contributed by atoms with Gasteiger partial charge in [0.15, 0.2) is 0 Å². The molecule has 1 amide bonds. The lowest BCUT2D eigenvalue weighted by molar-refractivity contribution is -0.114. The lowest BCUT2D eigenvalue weighted by atomic mass is 10.3. The Morgan fingerprint density at radius 2 is 2.00 bits per heavy atom. The molecule has 1 aromatic carbocycles. The van der Waals surface area contributed by atoms with Crippen LogP contribution in [0, 0.1) is 4.91 Å². The van der Waals surface area contributed by atoms with E-state index in [-0.39, 0.29) is 0 Å². The minimum absolute atomic E-state index is 0.433. The molecule has 0 saturated heterocycles. The fraction of sp³-hybridized carbons (Fsp3) is 0. The molecule has 1 rings (SSSR count). The minimum Gasteiger partial charge on any atom is -0.267 e. The van der Waals surface area contributed by atoms with Crippen LogP contribution >= 0.6 is 0 Å². The fourth-order valence-electron chi connectivity index (χ4n) is 0.870. The summed E-state index contributed by atoms with van der Waals surface area (Å²) in [7, 11) is 0. The lowest BCUT2D eigenvalue weighted by Gasteiger charge is -2.09. The highest BCUT2D eigenvalue weighted by Gasteiger charge is 2.11. The number of rotatable bonds is 3. The molecule has 0 radical (unpaired) electrons. The molecule has 0 aliphatic carbocycles. The van der Waals surface area contributed by atoms with Gasteiger partial charge < -0.3 is 0 Å². The molecule has 0 unspecified atom stereocenters. The standard InChI is InChI=1S/C9H8N2O2/c1-2-9(12)11(10-13)8-6-4-3-5-7-8/h2-7H,1H2. The molecule has 0 aliphatic heterocycles. The third-order valence-electron chi connectivity index (χ3n) is 1.47. The summed E-state index contributed by atoms with van der Waals surface area (Å²) in [5.41, 5.74) is 0.433. The maximum atomic E-state index is 11.1. The molecule has 0 aromatic heterocycles. The van der Waals surface area contributed by atoms with Crippen LogP contribution in [-0.4, -0.2) is 5.91 Å². The average molecular weight is 176 g/mol.